The summed E-state index contributed by atoms with van der Waals surface area (Å²) in [5, 5.41) is 9.98. The van der Waals surface area contributed by atoms with Crippen molar-refractivity contribution in [3.8, 4) is 39.1 Å². The van der Waals surface area contributed by atoms with Crippen molar-refractivity contribution in [1.29, 1.82) is 0 Å². The highest BCUT2D eigenvalue weighted by Crippen LogP contribution is 2.52. The van der Waals surface area contributed by atoms with Crippen molar-refractivity contribution < 1.29 is 0 Å². The third kappa shape index (κ3) is 9.15. The zero-order valence-electron chi connectivity index (χ0n) is 49.9. The highest BCUT2D eigenvalue weighted by Gasteiger charge is 2.29. The minimum absolute atomic E-state index is 0.0490. The number of aromatic nitrogens is 1. The molecule has 11 aromatic carbocycles. The Bertz CT molecular complexity index is 4250. The first kappa shape index (κ1) is 52.7. The largest absolute Gasteiger partial charge is 0.309 e. The van der Waals surface area contributed by atoms with Gasteiger partial charge in [-0.25, -0.2) is 0 Å². The van der Waals surface area contributed by atoms with Crippen molar-refractivity contribution in [2.24, 2.45) is 0 Å². The van der Waals surface area contributed by atoms with E-state index in [1.165, 1.54) is 121 Å². The van der Waals surface area contributed by atoms with E-state index >= 15 is 0 Å². The number of benzene rings is 11. The molecule has 0 N–H and O–H groups in total. The molecule has 0 fully saturated rings. The van der Waals surface area contributed by atoms with Crippen LogP contribution in [0.1, 0.15) is 132 Å². The molecule has 0 amide bonds. The number of nitrogens with zero attached hydrogens (tertiary/aromatic N) is 2. The van der Waals surface area contributed by atoms with Crippen LogP contribution >= 0.6 is 0 Å². The van der Waals surface area contributed by atoms with Gasteiger partial charge in [-0.15, -0.1) is 0 Å². The molecule has 0 aliphatic heterocycles. The van der Waals surface area contributed by atoms with Crippen molar-refractivity contribution in [3.63, 3.8) is 0 Å². The number of para-hydroxylation sites is 4. The first-order valence-electron chi connectivity index (χ1n) is 29.0. The van der Waals surface area contributed by atoms with Crippen molar-refractivity contribution in [3.05, 3.63) is 228 Å². The summed E-state index contributed by atoms with van der Waals surface area (Å²) < 4.78 is 2.48. The van der Waals surface area contributed by atoms with Gasteiger partial charge >= 0.3 is 0 Å². The number of fused-ring (bicyclic) bond motifs is 3. The molecule has 80 heavy (non-hydrogen) atoms. The predicted octanol–water partition coefficient (Wildman–Crippen LogP) is 22.6. The molecule has 0 saturated heterocycles. The summed E-state index contributed by atoms with van der Waals surface area (Å²) in [7, 11) is 0. The minimum atomic E-state index is -0.0666. The maximum Gasteiger partial charge on any atom is 0.0541 e. The summed E-state index contributed by atoms with van der Waals surface area (Å²) in [6, 6.07) is 77.0. The zero-order chi connectivity index (χ0) is 56.4. The average Bonchev–Trinajstić information content (AvgIpc) is 3.88. The molecule has 0 aliphatic rings. The van der Waals surface area contributed by atoms with E-state index in [4.69, 9.17) is 0 Å². The molecule has 12 aromatic rings. The summed E-state index contributed by atoms with van der Waals surface area (Å²) in [5.41, 5.74) is 20.7. The van der Waals surface area contributed by atoms with E-state index in [0.29, 0.717) is 0 Å². The van der Waals surface area contributed by atoms with Gasteiger partial charge in [0.1, 0.15) is 0 Å². The van der Waals surface area contributed by atoms with E-state index < -0.39 is 0 Å². The molecule has 0 unspecified atom stereocenters. The van der Waals surface area contributed by atoms with Gasteiger partial charge in [0.15, 0.2) is 0 Å². The van der Waals surface area contributed by atoms with Gasteiger partial charge < -0.3 is 9.47 Å². The quantitative estimate of drug-likeness (QED) is 0.144. The van der Waals surface area contributed by atoms with E-state index in [0.717, 1.165) is 17.1 Å². The molecule has 1 heterocycles. The SMILES string of the molecule is CC(C)(C)c1cc(-c2cc(C(C)(C)C)ccc2-c2ccccc2N(c2ccccc2-c2cc(C(C)(C)C)cc(C(C)(C)C)c2)c2ccc3ccc4c(-n5c6ccccc6c6ccccc65)ccc5ccc2c3c54)cc(C(C)(C)C)c1. The highest BCUT2D eigenvalue weighted by molar-refractivity contribution is 6.28. The summed E-state index contributed by atoms with van der Waals surface area (Å²) in [5.74, 6) is 0. The van der Waals surface area contributed by atoms with Crippen LogP contribution in [0.25, 0.3) is 93.2 Å². The van der Waals surface area contributed by atoms with Gasteiger partial charge in [-0.05, 0) is 141 Å². The van der Waals surface area contributed by atoms with Crippen LogP contribution in [0.3, 0.4) is 0 Å². The number of rotatable bonds is 7. The summed E-state index contributed by atoms with van der Waals surface area (Å²) in [6.45, 7) is 35.1. The molecule has 0 saturated carbocycles. The Balaban J connectivity index is 1.18. The molecule has 400 valence electrons. The van der Waals surface area contributed by atoms with Crippen molar-refractivity contribution in [2.75, 3.05) is 4.90 Å². The fraction of sp³-hybridized carbons (Fsp3) is 0.256. The molecule has 0 aliphatic carbocycles. The molecule has 1 aromatic heterocycles. The van der Waals surface area contributed by atoms with Crippen molar-refractivity contribution >= 4 is 71.2 Å². The normalized spacial score (nSPS) is 12.9. The van der Waals surface area contributed by atoms with Gasteiger partial charge in [-0.2, -0.15) is 0 Å². The van der Waals surface area contributed by atoms with Gasteiger partial charge in [-0.1, -0.05) is 262 Å². The van der Waals surface area contributed by atoms with Gasteiger partial charge in [0.05, 0.1) is 33.8 Å². The van der Waals surface area contributed by atoms with Gasteiger partial charge in [-0.3, -0.25) is 0 Å². The van der Waals surface area contributed by atoms with Crippen LogP contribution in [-0.4, -0.2) is 4.57 Å². The topological polar surface area (TPSA) is 8.17 Å². The fourth-order valence-electron chi connectivity index (χ4n) is 12.3. The highest BCUT2D eigenvalue weighted by atomic mass is 15.1. The Hall–Kier alpha value is -7.94. The molecular weight excluding hydrogens is 965 g/mol. The van der Waals surface area contributed by atoms with E-state index in [9.17, 15) is 0 Å². The van der Waals surface area contributed by atoms with E-state index in [1.54, 1.807) is 0 Å². The molecular formula is C78H78N2. The van der Waals surface area contributed by atoms with Gasteiger partial charge in [0, 0.05) is 32.7 Å². The first-order chi connectivity index (χ1) is 37.8. The number of hydrogen-bond acceptors (Lipinski definition) is 1. The second-order valence-electron chi connectivity index (χ2n) is 27.9. The lowest BCUT2D eigenvalue weighted by molar-refractivity contribution is 0.568. The predicted molar refractivity (Wildman–Crippen MR) is 349 cm³/mol. The Morgan fingerprint density at radius 2 is 0.688 bits per heavy atom. The monoisotopic (exact) mass is 1040 g/mol. The van der Waals surface area contributed by atoms with Crippen LogP contribution in [0.4, 0.5) is 17.1 Å². The molecule has 0 atom stereocenters. The first-order valence-corrected chi connectivity index (χ1v) is 29.0. The Morgan fingerprint density at radius 1 is 0.275 bits per heavy atom. The third-order valence-corrected chi connectivity index (χ3v) is 17.1. The van der Waals surface area contributed by atoms with Crippen LogP contribution in [-0.2, 0) is 27.1 Å². The van der Waals surface area contributed by atoms with Gasteiger partial charge in [0.2, 0.25) is 0 Å². The Kier molecular flexibility index (Phi) is 12.4. The summed E-state index contributed by atoms with van der Waals surface area (Å²) >= 11 is 0. The standard InChI is InChI=1S/C78H78N2/c1-74(2,3)53-36-39-59(65(48-53)52-44-56(77(10,11)12)47-57(45-52)78(13,14)15)60-25-17-21-29-67(60)79(66-28-20-16-24-58(66)51-42-54(75(4,5)6)46-55(43-51)76(7,8)9)70-40-34-49-33-38-64-71(41-35-50-32-37-63(70)72(49)73(50)64)80-68-30-22-18-26-61(68)62-27-19-23-31-69(62)80/h16-48H,1-15H3. The van der Waals surface area contributed by atoms with E-state index in [-0.39, 0.29) is 27.1 Å². The summed E-state index contributed by atoms with van der Waals surface area (Å²) in [6.07, 6.45) is 0. The molecule has 12 rings (SSSR count). The third-order valence-electron chi connectivity index (χ3n) is 17.1. The Morgan fingerprint density at radius 3 is 1.21 bits per heavy atom. The maximum atomic E-state index is 2.61. The van der Waals surface area contributed by atoms with Crippen LogP contribution in [0.5, 0.6) is 0 Å². The van der Waals surface area contributed by atoms with Crippen molar-refractivity contribution in [2.45, 2.75) is 131 Å². The van der Waals surface area contributed by atoms with Crippen LogP contribution in [0.15, 0.2) is 200 Å². The lowest BCUT2D eigenvalue weighted by atomic mass is 9.77. The van der Waals surface area contributed by atoms with Crippen LogP contribution < -0.4 is 4.90 Å². The molecule has 0 spiro atoms. The maximum absolute atomic E-state index is 2.61. The average molecular weight is 1040 g/mol. The van der Waals surface area contributed by atoms with E-state index in [2.05, 4.69) is 314 Å². The van der Waals surface area contributed by atoms with Crippen LogP contribution in [0, 0.1) is 0 Å². The number of anilines is 3. The molecule has 2 heteroatoms. The smallest absolute Gasteiger partial charge is 0.0541 e. The molecule has 0 bridgehead atoms. The van der Waals surface area contributed by atoms with E-state index in [1.807, 2.05) is 0 Å². The minimum Gasteiger partial charge on any atom is -0.309 e. The lowest BCUT2D eigenvalue weighted by Crippen LogP contribution is -2.17. The second kappa shape index (κ2) is 18.8. The fourth-order valence-corrected chi connectivity index (χ4v) is 12.3. The van der Waals surface area contributed by atoms with Crippen LogP contribution in [0.2, 0.25) is 0 Å². The number of hydrogen-bond donors (Lipinski definition) is 0. The summed E-state index contributed by atoms with van der Waals surface area (Å²) in [4.78, 5) is 2.61. The van der Waals surface area contributed by atoms with Crippen molar-refractivity contribution in [1.82, 2.24) is 4.57 Å². The van der Waals surface area contributed by atoms with Gasteiger partial charge in [0.25, 0.3) is 0 Å². The lowest BCUT2D eigenvalue weighted by Gasteiger charge is -2.33. The Labute approximate surface area is 476 Å². The molecule has 2 nitrogen and oxygen atoms in total. The second-order valence-corrected chi connectivity index (χ2v) is 27.9. The molecule has 0 radical (unpaired) electrons. The zero-order valence-corrected chi connectivity index (χ0v) is 49.9.